The largest absolute Gasteiger partial charge is 0.481 e. The number of aliphatic carboxylic acids is 1. The van der Waals surface area contributed by atoms with Gasteiger partial charge >= 0.3 is 11.9 Å². The summed E-state index contributed by atoms with van der Waals surface area (Å²) in [6.07, 6.45) is 7.43. The molecule has 0 spiro atoms. The third kappa shape index (κ3) is 24.2. The van der Waals surface area contributed by atoms with E-state index in [1.54, 1.807) is 39.8 Å². The molecule has 0 bridgehead atoms. The lowest BCUT2D eigenvalue weighted by Crippen LogP contribution is -2.63. The number of carboxylic acid groups (broad SMARTS) is 1. The van der Waals surface area contributed by atoms with Gasteiger partial charge in [0.15, 0.2) is 24.3 Å². The van der Waals surface area contributed by atoms with E-state index >= 15 is 0 Å². The molecule has 6 aliphatic rings. The number of allylic oxidation sites excluding steroid dienone is 4. The molecule has 0 aromatic heterocycles. The van der Waals surface area contributed by atoms with E-state index < -0.39 is 229 Å². The minimum absolute atomic E-state index is 0.00962. The predicted molar refractivity (Wildman–Crippen MR) is 402 cm³/mol. The number of nitrogens with zero attached hydrogens (tertiary/aromatic N) is 1. The first kappa shape index (κ1) is 91.3. The molecule has 17 atom stereocenters. The van der Waals surface area contributed by atoms with Gasteiger partial charge in [0.25, 0.3) is 0 Å². The normalized spacial score (nSPS) is 25.3. The van der Waals surface area contributed by atoms with Crippen LogP contribution in [0.4, 0.5) is 0 Å². The molecule has 38 heteroatoms. The molecule has 111 heavy (non-hydrogen) atoms. The van der Waals surface area contributed by atoms with Gasteiger partial charge in [-0.3, -0.25) is 81.5 Å². The zero-order valence-electron chi connectivity index (χ0n) is 64.7. The summed E-state index contributed by atoms with van der Waals surface area (Å²) >= 11 is 0. The highest BCUT2D eigenvalue weighted by molar-refractivity contribution is 8.76. The van der Waals surface area contributed by atoms with Crippen molar-refractivity contribution in [1.29, 1.82) is 0 Å². The van der Waals surface area contributed by atoms with Crippen molar-refractivity contribution in [2.24, 2.45) is 51.9 Å². The second-order valence-electron chi connectivity index (χ2n) is 30.3. The fourth-order valence-corrected chi connectivity index (χ4v) is 18.1. The van der Waals surface area contributed by atoms with Crippen molar-refractivity contribution in [3.63, 3.8) is 0 Å². The molecule has 6 rings (SSSR count). The maximum absolute atomic E-state index is 14.6. The Labute approximate surface area is 652 Å². The van der Waals surface area contributed by atoms with Gasteiger partial charge in [0.2, 0.25) is 82.6 Å². The number of amides is 13. The first-order valence-corrected chi connectivity index (χ1v) is 40.4. The first-order valence-electron chi connectivity index (χ1n) is 37.9. The molecule has 5 unspecified atom stereocenters. The molecule has 2 saturated heterocycles. The fraction of sp³-hybridized carbons (Fsp3) is 0.712. The van der Waals surface area contributed by atoms with Crippen molar-refractivity contribution in [2.75, 3.05) is 57.4 Å². The molecule has 13 amide bonds. The Morgan fingerprint density at radius 1 is 0.712 bits per heavy atom. The number of rotatable bonds is 43. The van der Waals surface area contributed by atoms with Crippen LogP contribution in [0.3, 0.4) is 0 Å². The first-order chi connectivity index (χ1) is 52.3. The fourth-order valence-electron chi connectivity index (χ4n) is 15.8. The van der Waals surface area contributed by atoms with E-state index in [-0.39, 0.29) is 67.9 Å². The van der Waals surface area contributed by atoms with Gasteiger partial charge in [-0.1, -0.05) is 88.1 Å². The van der Waals surface area contributed by atoms with Crippen LogP contribution in [-0.2, 0) is 95.7 Å². The topological polar surface area (TPSA) is 546 Å². The van der Waals surface area contributed by atoms with Gasteiger partial charge in [-0.05, 0) is 127 Å². The maximum Gasteiger partial charge on any atom is 0.306 e. The molecule has 4 aliphatic carbocycles. The highest BCUT2D eigenvalue weighted by atomic mass is 33.1. The summed E-state index contributed by atoms with van der Waals surface area (Å²) < 4.78 is 18.8. The van der Waals surface area contributed by atoms with E-state index in [1.165, 1.54) is 42.4 Å². The number of likely N-dealkylation sites (tertiary alicyclic amines) is 1. The smallest absolute Gasteiger partial charge is 0.306 e. The number of nitrogens with two attached hydrogens (primary N) is 2. The number of hydrogen-bond donors (Lipinski definition) is 15. The number of unbranched alkanes of at least 4 members (excludes halogenated alkanes) is 1. The molecule has 618 valence electrons. The number of primary amides is 1. The summed E-state index contributed by atoms with van der Waals surface area (Å²) in [5.41, 5.74) is 8.95. The van der Waals surface area contributed by atoms with Gasteiger partial charge in [0.1, 0.15) is 48.3 Å². The Hall–Kier alpha value is -8.59. The highest BCUT2D eigenvalue weighted by Gasteiger charge is 2.76. The molecule has 5 fully saturated rings. The van der Waals surface area contributed by atoms with Crippen molar-refractivity contribution < 1.29 is 106 Å². The summed E-state index contributed by atoms with van der Waals surface area (Å²) in [7, 11) is 2.52. The summed E-state index contributed by atoms with van der Waals surface area (Å²) in [5.74, 6) is -14.1. The summed E-state index contributed by atoms with van der Waals surface area (Å²) in [6, 6.07) is -10.3. The van der Waals surface area contributed by atoms with Gasteiger partial charge in [0, 0.05) is 48.1 Å². The van der Waals surface area contributed by atoms with Crippen molar-refractivity contribution in [3.8, 4) is 0 Å². The standard InChI is InChI=1S/C73H112N14O22S2/c1-11-16-59-108-52-28-45-44-21-20-42-27-43(89)22-23-71(42,9)60(44)50(90)30-72(45,10)73(52,109-59)51(91)35-107-58(98)19-15-26-110-111-36-48(82-41(8)88)66(102)79-34-55(94)80-40(7)64(100)85-61(37(2)3)68(104)81-39(6)63(99)78-32-54(93)76-33-56(95)83-47(29-57(96)97)70(106)87-25-14-18-49(87)67(103)86-62(38(4)5)69(105)84-46(17-12-13-24-74)65(101)77-31-53(75)92/h22-23,27,37-40,44-50,52,59-62,90H,11-21,24-26,28-36,74H2,1-10H3,(H2,75,92)(H,76,93)(H,77,101)(H,78,99)(H,79,102)(H,80,94)(H,81,104)(H,82,88)(H,83,95)(H,84,105)(H,85,100)(H,86,103)(H,96,97)/t39-,40-,44?,45-,46-,47-,48?,49-,50?,52+,59?,60?,61-,62-,71-,72-,73+/m0/s1. The molecule has 2 aliphatic heterocycles. The number of hydrogen-bond acceptors (Lipinski definition) is 24. The van der Waals surface area contributed by atoms with Crippen LogP contribution in [0, 0.1) is 40.4 Å². The van der Waals surface area contributed by atoms with Crippen molar-refractivity contribution in [2.45, 2.75) is 232 Å². The number of nitrogens with one attached hydrogen (secondary N) is 11. The third-order valence-corrected chi connectivity index (χ3v) is 23.9. The number of aliphatic hydroxyl groups excluding tert-OH is 1. The van der Waals surface area contributed by atoms with Crippen LogP contribution in [-0.4, -0.2) is 245 Å². The Kier molecular flexibility index (Phi) is 34.4. The van der Waals surface area contributed by atoms with Gasteiger partial charge in [-0.2, -0.15) is 0 Å². The minimum Gasteiger partial charge on any atom is -0.481 e. The molecule has 0 aromatic carbocycles. The molecule has 17 N–H and O–H groups in total. The monoisotopic (exact) mass is 1600 g/mol. The Morgan fingerprint density at radius 2 is 1.34 bits per heavy atom. The average Bonchev–Trinajstić information content (AvgIpc) is 1.53. The molecule has 3 saturated carbocycles. The summed E-state index contributed by atoms with van der Waals surface area (Å²) in [4.78, 5) is 223. The summed E-state index contributed by atoms with van der Waals surface area (Å²) in [5, 5.41) is 48.5. The number of aliphatic hydroxyl groups is 1. The minimum atomic E-state index is -1.73. The number of Topliss-reactive ketones (excluding diaryl/α,β-unsaturated/α-hetero) is 1. The van der Waals surface area contributed by atoms with E-state index in [9.17, 15) is 91.7 Å². The van der Waals surface area contributed by atoms with E-state index in [2.05, 4.69) is 65.4 Å². The van der Waals surface area contributed by atoms with Crippen LogP contribution in [0.25, 0.3) is 0 Å². The van der Waals surface area contributed by atoms with E-state index in [0.29, 0.717) is 50.8 Å². The van der Waals surface area contributed by atoms with Crippen LogP contribution >= 0.6 is 21.6 Å². The van der Waals surface area contributed by atoms with Crippen molar-refractivity contribution in [1.82, 2.24) is 63.4 Å². The van der Waals surface area contributed by atoms with Crippen molar-refractivity contribution in [3.05, 3.63) is 23.8 Å². The van der Waals surface area contributed by atoms with Crippen LogP contribution in [0.2, 0.25) is 0 Å². The number of ether oxygens (including phenoxy) is 3. The number of ketones is 2. The molecule has 36 nitrogen and oxygen atoms in total. The van der Waals surface area contributed by atoms with Gasteiger partial charge in [-0.15, -0.1) is 0 Å². The zero-order chi connectivity index (χ0) is 82.4. The lowest BCUT2D eigenvalue weighted by atomic mass is 9.46. The maximum atomic E-state index is 14.6. The number of carbonyl (C=O) groups is 17. The third-order valence-electron chi connectivity index (χ3n) is 21.4. The van der Waals surface area contributed by atoms with Crippen LogP contribution in [0.15, 0.2) is 23.8 Å². The van der Waals surface area contributed by atoms with E-state index in [4.69, 9.17) is 25.7 Å². The number of carbonyl (C=O) groups excluding carboxylic acids is 16. The quantitative estimate of drug-likeness (QED) is 0.0174. The van der Waals surface area contributed by atoms with Crippen LogP contribution < -0.4 is 70.0 Å². The van der Waals surface area contributed by atoms with Crippen LogP contribution in [0.5, 0.6) is 0 Å². The number of carboxylic acids is 1. The molecular formula is C73H112N14O22S2. The van der Waals surface area contributed by atoms with E-state index in [0.717, 1.165) is 23.3 Å². The predicted octanol–water partition coefficient (Wildman–Crippen LogP) is -2.26. The number of esters is 1. The zero-order valence-corrected chi connectivity index (χ0v) is 66.3. The second kappa shape index (κ2) is 41.8. The van der Waals surface area contributed by atoms with Crippen molar-refractivity contribution >= 4 is 122 Å². The Morgan fingerprint density at radius 3 is 2.00 bits per heavy atom. The molecular weight excluding hydrogens is 1490 g/mol. The average molecular weight is 1600 g/mol. The Balaban J connectivity index is 0.883. The van der Waals surface area contributed by atoms with Crippen LogP contribution in [0.1, 0.15) is 159 Å². The number of fused-ring (bicyclic) bond motifs is 7. The lowest BCUT2D eigenvalue weighted by molar-refractivity contribution is -0.201. The van der Waals surface area contributed by atoms with Gasteiger partial charge in [-0.25, -0.2) is 0 Å². The lowest BCUT2D eigenvalue weighted by Gasteiger charge is -2.59. The van der Waals surface area contributed by atoms with Gasteiger partial charge < -0.3 is 99.3 Å². The second-order valence-corrected chi connectivity index (χ2v) is 32.9. The van der Waals surface area contributed by atoms with E-state index in [1.807, 2.05) is 19.9 Å². The summed E-state index contributed by atoms with van der Waals surface area (Å²) in [6.45, 7) is 13.3. The highest BCUT2D eigenvalue weighted by Crippen LogP contribution is 2.70. The molecule has 0 radical (unpaired) electrons. The molecule has 2 heterocycles. The molecule has 0 aromatic rings. The Bertz CT molecular complexity index is 3550. The van der Waals surface area contributed by atoms with Gasteiger partial charge in [0.05, 0.1) is 44.8 Å². The SMILES string of the molecule is CCCC1O[C@@H]2C[C@H]3C4CCC5=CC(=O)C=C[C@]5(C)C4C(O)C[C@]3(C)[C@]2(C(=O)COC(=O)CCCSSCC(NC(C)=O)C(=O)NCC(=O)N[C@@H](C)C(=O)N[C@H](C(=O)N[C@@H](C)C(=O)NCC(=O)NCC(=O)N[C@@H](CC(=O)O)C(=O)N2CCC[C@H]2C(=O)N[C@H](C(=O)N[C@@H](CCCCN)C(=O)NCC(N)=O)C(C)C)C(C)C)O1.